The van der Waals surface area contributed by atoms with Crippen LogP contribution in [-0.2, 0) is 0 Å². The summed E-state index contributed by atoms with van der Waals surface area (Å²) in [5, 5.41) is 9.37. The van der Waals surface area contributed by atoms with E-state index in [4.69, 9.17) is 0 Å². The van der Waals surface area contributed by atoms with Crippen LogP contribution in [0.15, 0.2) is 18.5 Å². The smallest absolute Gasteiger partial charge is 0.407 e. The number of carbonyl (C=O) groups is 1. The highest BCUT2D eigenvalue weighted by Crippen LogP contribution is 2.30. The third kappa shape index (κ3) is 3.34. The van der Waals surface area contributed by atoms with Crippen LogP contribution in [-0.4, -0.2) is 46.8 Å². The zero-order chi connectivity index (χ0) is 14.9. The van der Waals surface area contributed by atoms with Crippen molar-refractivity contribution in [1.29, 1.82) is 0 Å². The molecule has 0 bridgehead atoms. The Morgan fingerprint density at radius 1 is 1.40 bits per heavy atom. The molecule has 1 aliphatic rings. The summed E-state index contributed by atoms with van der Waals surface area (Å²) >= 11 is 2.24. The monoisotopic (exact) mass is 389 g/mol. The van der Waals surface area contributed by atoms with Gasteiger partial charge < -0.3 is 14.9 Å². The number of amides is 1. The van der Waals surface area contributed by atoms with E-state index in [1.807, 2.05) is 12.4 Å². The molecule has 1 aromatic heterocycles. The second-order valence-corrected chi connectivity index (χ2v) is 7.41. The SMILES string of the molecule is CC(C)(C)C1CN(c2cncc(I)c2)CCN1C(=O)O. The molecule has 1 unspecified atom stereocenters. The summed E-state index contributed by atoms with van der Waals surface area (Å²) in [5.41, 5.74) is 0.975. The van der Waals surface area contributed by atoms with Crippen LogP contribution in [0.2, 0.25) is 0 Å². The molecular weight excluding hydrogens is 369 g/mol. The Labute approximate surface area is 133 Å². The minimum Gasteiger partial charge on any atom is -0.465 e. The van der Waals surface area contributed by atoms with Crippen LogP contribution >= 0.6 is 22.6 Å². The maximum absolute atomic E-state index is 11.4. The fraction of sp³-hybridized carbons (Fsp3) is 0.571. The first kappa shape index (κ1) is 15.3. The molecule has 2 rings (SSSR count). The number of piperazine rings is 1. The van der Waals surface area contributed by atoms with E-state index in [2.05, 4.69) is 59.3 Å². The van der Waals surface area contributed by atoms with Crippen molar-refractivity contribution in [2.24, 2.45) is 5.41 Å². The lowest BCUT2D eigenvalue weighted by Crippen LogP contribution is -2.59. The molecule has 1 saturated heterocycles. The molecule has 1 aliphatic heterocycles. The van der Waals surface area contributed by atoms with E-state index in [1.165, 1.54) is 0 Å². The van der Waals surface area contributed by atoms with E-state index >= 15 is 0 Å². The standard InChI is InChI=1S/C14H20IN3O2/c1-14(2,3)12-9-17(4-5-18(12)13(19)20)11-6-10(15)7-16-8-11/h6-8,12H,4-5,9H2,1-3H3,(H,19,20). The summed E-state index contributed by atoms with van der Waals surface area (Å²) in [5.74, 6) is 0. The average molecular weight is 389 g/mol. The quantitative estimate of drug-likeness (QED) is 0.751. The summed E-state index contributed by atoms with van der Waals surface area (Å²) in [6, 6.07) is 2.07. The molecule has 0 aromatic carbocycles. The molecule has 6 heteroatoms. The lowest BCUT2D eigenvalue weighted by molar-refractivity contribution is 0.0748. The number of hydrogen-bond donors (Lipinski definition) is 1. The molecule has 0 radical (unpaired) electrons. The van der Waals surface area contributed by atoms with Crippen LogP contribution in [0.1, 0.15) is 20.8 Å². The topological polar surface area (TPSA) is 56.7 Å². The molecule has 0 spiro atoms. The minimum absolute atomic E-state index is 0.0217. The van der Waals surface area contributed by atoms with E-state index in [0.717, 1.165) is 9.26 Å². The van der Waals surface area contributed by atoms with Gasteiger partial charge in [0.2, 0.25) is 0 Å². The van der Waals surface area contributed by atoms with Gasteiger partial charge in [0.1, 0.15) is 0 Å². The maximum Gasteiger partial charge on any atom is 0.407 e. The van der Waals surface area contributed by atoms with Gasteiger partial charge in [-0.15, -0.1) is 0 Å². The van der Waals surface area contributed by atoms with Crippen molar-refractivity contribution in [2.75, 3.05) is 24.5 Å². The second-order valence-electron chi connectivity index (χ2n) is 6.17. The zero-order valence-electron chi connectivity index (χ0n) is 12.0. The minimum atomic E-state index is -0.828. The Balaban J connectivity index is 2.23. The molecule has 1 N–H and O–H groups in total. The first-order valence-electron chi connectivity index (χ1n) is 6.64. The number of rotatable bonds is 1. The van der Waals surface area contributed by atoms with Crippen LogP contribution in [0.4, 0.5) is 10.5 Å². The van der Waals surface area contributed by atoms with E-state index in [1.54, 1.807) is 4.90 Å². The van der Waals surface area contributed by atoms with Crippen molar-refractivity contribution in [3.05, 3.63) is 22.0 Å². The van der Waals surface area contributed by atoms with Crippen LogP contribution < -0.4 is 4.90 Å². The van der Waals surface area contributed by atoms with Crippen LogP contribution in [0, 0.1) is 8.99 Å². The van der Waals surface area contributed by atoms with Gasteiger partial charge in [-0.1, -0.05) is 20.8 Å². The largest absolute Gasteiger partial charge is 0.465 e. The second kappa shape index (κ2) is 5.75. The highest BCUT2D eigenvalue weighted by atomic mass is 127. The van der Waals surface area contributed by atoms with Gasteiger partial charge in [-0.3, -0.25) is 4.98 Å². The fourth-order valence-corrected chi connectivity index (χ4v) is 3.04. The summed E-state index contributed by atoms with van der Waals surface area (Å²) in [6.07, 6.45) is 2.84. The molecule has 1 aromatic rings. The zero-order valence-corrected chi connectivity index (χ0v) is 14.2. The van der Waals surface area contributed by atoms with E-state index in [-0.39, 0.29) is 11.5 Å². The molecule has 0 saturated carbocycles. The van der Waals surface area contributed by atoms with Crippen molar-refractivity contribution >= 4 is 34.4 Å². The summed E-state index contributed by atoms with van der Waals surface area (Å²) < 4.78 is 1.09. The van der Waals surface area contributed by atoms with Gasteiger partial charge in [-0.25, -0.2) is 4.79 Å². The van der Waals surface area contributed by atoms with Crippen LogP contribution in [0.5, 0.6) is 0 Å². The Morgan fingerprint density at radius 2 is 2.10 bits per heavy atom. The predicted molar refractivity (Wildman–Crippen MR) is 87.1 cm³/mol. The Bertz CT molecular complexity index is 501. The first-order chi connectivity index (χ1) is 9.29. The number of anilines is 1. The van der Waals surface area contributed by atoms with Crippen molar-refractivity contribution in [3.63, 3.8) is 0 Å². The summed E-state index contributed by atoms with van der Waals surface area (Å²) in [7, 11) is 0. The molecule has 1 fully saturated rings. The molecule has 110 valence electrons. The lowest BCUT2D eigenvalue weighted by Gasteiger charge is -2.46. The Hall–Kier alpha value is -1.05. The number of nitrogens with zero attached hydrogens (tertiary/aromatic N) is 3. The van der Waals surface area contributed by atoms with Gasteiger partial charge in [0.25, 0.3) is 0 Å². The molecule has 20 heavy (non-hydrogen) atoms. The summed E-state index contributed by atoms with van der Waals surface area (Å²) in [6.45, 7) is 8.21. The molecule has 1 atom stereocenters. The highest BCUT2D eigenvalue weighted by Gasteiger charge is 2.38. The van der Waals surface area contributed by atoms with E-state index < -0.39 is 6.09 Å². The van der Waals surface area contributed by atoms with Gasteiger partial charge in [0.15, 0.2) is 0 Å². The van der Waals surface area contributed by atoms with Gasteiger partial charge in [-0.2, -0.15) is 0 Å². The van der Waals surface area contributed by atoms with Gasteiger partial charge in [0, 0.05) is 29.4 Å². The normalized spacial score (nSPS) is 20.1. The van der Waals surface area contributed by atoms with Crippen molar-refractivity contribution in [2.45, 2.75) is 26.8 Å². The van der Waals surface area contributed by atoms with E-state index in [9.17, 15) is 9.90 Å². The van der Waals surface area contributed by atoms with Crippen LogP contribution in [0.3, 0.4) is 0 Å². The number of carboxylic acid groups (broad SMARTS) is 1. The maximum atomic E-state index is 11.4. The van der Waals surface area contributed by atoms with Crippen molar-refractivity contribution in [3.8, 4) is 0 Å². The average Bonchev–Trinajstić information content (AvgIpc) is 2.37. The molecule has 1 amide bonds. The number of halogens is 1. The molecule has 2 heterocycles. The lowest BCUT2D eigenvalue weighted by atomic mass is 9.84. The van der Waals surface area contributed by atoms with Crippen LogP contribution in [0.25, 0.3) is 0 Å². The fourth-order valence-electron chi connectivity index (χ4n) is 2.56. The highest BCUT2D eigenvalue weighted by molar-refractivity contribution is 14.1. The van der Waals surface area contributed by atoms with Gasteiger partial charge in [-0.05, 0) is 34.1 Å². The Kier molecular flexibility index (Phi) is 4.41. The van der Waals surface area contributed by atoms with Gasteiger partial charge >= 0.3 is 6.09 Å². The summed E-state index contributed by atoms with van der Waals surface area (Å²) in [4.78, 5) is 19.4. The third-order valence-corrected chi connectivity index (χ3v) is 4.27. The third-order valence-electron chi connectivity index (χ3n) is 3.68. The first-order valence-corrected chi connectivity index (χ1v) is 7.72. The predicted octanol–water partition coefficient (Wildman–Crippen LogP) is 2.90. The number of aromatic nitrogens is 1. The molecular formula is C14H20IN3O2. The Morgan fingerprint density at radius 3 is 2.65 bits per heavy atom. The van der Waals surface area contributed by atoms with Crippen molar-refractivity contribution in [1.82, 2.24) is 9.88 Å². The van der Waals surface area contributed by atoms with E-state index in [0.29, 0.717) is 19.6 Å². The van der Waals surface area contributed by atoms with Crippen molar-refractivity contribution < 1.29 is 9.90 Å². The molecule has 5 nitrogen and oxygen atoms in total. The number of pyridine rings is 1. The van der Waals surface area contributed by atoms with Gasteiger partial charge in [0.05, 0.1) is 17.9 Å². The number of hydrogen-bond acceptors (Lipinski definition) is 3. The molecule has 0 aliphatic carbocycles.